The Bertz CT molecular complexity index is 201. The van der Waals surface area contributed by atoms with Gasteiger partial charge >= 0.3 is 6.04 Å². The topological polar surface area (TPSA) is 17.1 Å². The van der Waals surface area contributed by atoms with E-state index in [1.54, 1.807) is 6.92 Å². The van der Waals surface area contributed by atoms with E-state index in [9.17, 15) is 9.18 Å². The Balaban J connectivity index is 4.03. The Hall–Kier alpha value is -1.18. The van der Waals surface area contributed by atoms with Gasteiger partial charge in [0.2, 0.25) is 0 Å². The molecule has 0 aromatic carbocycles. The van der Waals surface area contributed by atoms with E-state index in [4.69, 9.17) is 0 Å². The molecule has 54 valence electrons. The second kappa shape index (κ2) is 3.77. The van der Waals surface area contributed by atoms with Crippen molar-refractivity contribution in [2.24, 2.45) is 0 Å². The fourth-order valence-corrected chi connectivity index (χ4v) is 0.308. The summed E-state index contributed by atoms with van der Waals surface area (Å²) in [4.78, 5) is 9.91. The van der Waals surface area contributed by atoms with E-state index in [1.807, 2.05) is 0 Å². The molecule has 0 heterocycles. The summed E-state index contributed by atoms with van der Waals surface area (Å²) in [7, 11) is 0. The zero-order valence-electron chi connectivity index (χ0n) is 5.86. The van der Waals surface area contributed by atoms with E-state index in [-0.39, 0.29) is 5.57 Å². The predicted octanol–water partition coefficient (Wildman–Crippen LogP) is 2.17. The van der Waals surface area contributed by atoms with Crippen molar-refractivity contribution < 1.29 is 9.18 Å². The summed E-state index contributed by atoms with van der Waals surface area (Å²) in [5.74, 6) is 0. The van der Waals surface area contributed by atoms with Gasteiger partial charge in [-0.3, -0.25) is 4.79 Å². The molecular formula is C8H9FO. The van der Waals surface area contributed by atoms with Crippen molar-refractivity contribution in [3.05, 3.63) is 36.5 Å². The lowest BCUT2D eigenvalue weighted by molar-refractivity contribution is -0.124. The van der Waals surface area contributed by atoms with Crippen LogP contribution in [0.5, 0.6) is 0 Å². The van der Waals surface area contributed by atoms with Crippen LogP contribution in [0.3, 0.4) is 0 Å². The Labute approximate surface area is 59.6 Å². The maximum absolute atomic E-state index is 11.7. The summed E-state index contributed by atoms with van der Waals surface area (Å²) < 4.78 is 11.7. The Morgan fingerprint density at radius 1 is 1.40 bits per heavy atom. The third kappa shape index (κ3) is 3.78. The molecule has 1 nitrogen and oxygen atoms in total. The highest BCUT2D eigenvalue weighted by Gasteiger charge is 1.97. The van der Waals surface area contributed by atoms with Crippen LogP contribution in [-0.4, -0.2) is 6.04 Å². The number of carbonyl (C=O) groups excluding carboxylic acids is 1. The highest BCUT2D eigenvalue weighted by atomic mass is 19.1. The summed E-state index contributed by atoms with van der Waals surface area (Å²) in [6.45, 7) is 8.44. The highest BCUT2D eigenvalue weighted by molar-refractivity contribution is 5.89. The molecule has 0 amide bonds. The average Bonchev–Trinajstić information content (AvgIpc) is 1.82. The van der Waals surface area contributed by atoms with Gasteiger partial charge in [-0.1, -0.05) is 24.8 Å². The number of halogens is 1. The smallest absolute Gasteiger partial charge is 0.255 e. The number of carbonyl (C=O) groups is 1. The molecule has 0 N–H and O–H groups in total. The Kier molecular flexibility index (Phi) is 3.33. The number of rotatable bonds is 3. The van der Waals surface area contributed by atoms with Crippen LogP contribution in [0.2, 0.25) is 0 Å². The van der Waals surface area contributed by atoms with Crippen LogP contribution >= 0.6 is 0 Å². The van der Waals surface area contributed by atoms with Crippen molar-refractivity contribution in [2.45, 2.75) is 6.92 Å². The van der Waals surface area contributed by atoms with Gasteiger partial charge in [-0.2, -0.15) is 4.39 Å². The molecule has 0 aliphatic rings. The van der Waals surface area contributed by atoms with E-state index in [0.29, 0.717) is 0 Å². The SMILES string of the molecule is C=C(C)/C=C\C(=C)C(=O)F. The molecule has 0 bridgehead atoms. The lowest BCUT2D eigenvalue weighted by Gasteiger charge is -1.86. The lowest BCUT2D eigenvalue weighted by Crippen LogP contribution is -1.87. The molecule has 0 rings (SSSR count). The zero-order chi connectivity index (χ0) is 8.15. The quantitative estimate of drug-likeness (QED) is 0.333. The first-order valence-corrected chi connectivity index (χ1v) is 2.76. The van der Waals surface area contributed by atoms with Crippen LogP contribution in [0.25, 0.3) is 0 Å². The highest BCUT2D eigenvalue weighted by Crippen LogP contribution is 1.98. The van der Waals surface area contributed by atoms with Crippen molar-refractivity contribution in [1.82, 2.24) is 0 Å². The van der Waals surface area contributed by atoms with Crippen LogP contribution in [0, 0.1) is 0 Å². The fourth-order valence-electron chi connectivity index (χ4n) is 0.308. The monoisotopic (exact) mass is 140 g/mol. The molecule has 0 aliphatic heterocycles. The molecule has 2 heteroatoms. The molecule has 0 fully saturated rings. The van der Waals surface area contributed by atoms with Gasteiger partial charge < -0.3 is 0 Å². The molecule has 0 aliphatic carbocycles. The second-order valence-electron chi connectivity index (χ2n) is 1.98. The third-order valence-electron chi connectivity index (χ3n) is 0.821. The molecule has 0 aromatic rings. The van der Waals surface area contributed by atoms with Crippen molar-refractivity contribution in [3.8, 4) is 0 Å². The van der Waals surface area contributed by atoms with Gasteiger partial charge in [0.25, 0.3) is 0 Å². The van der Waals surface area contributed by atoms with Gasteiger partial charge in [0.15, 0.2) is 0 Å². The Morgan fingerprint density at radius 3 is 2.20 bits per heavy atom. The molecule has 0 unspecified atom stereocenters. The number of allylic oxidation sites excluding steroid dienone is 4. The minimum atomic E-state index is -1.50. The van der Waals surface area contributed by atoms with Gasteiger partial charge in [-0.25, -0.2) is 0 Å². The van der Waals surface area contributed by atoms with Crippen molar-refractivity contribution >= 4 is 6.04 Å². The summed E-state index contributed by atoms with van der Waals surface area (Å²) in [6.07, 6.45) is 2.82. The molecule has 0 aromatic heterocycles. The summed E-state index contributed by atoms with van der Waals surface area (Å²) in [6, 6.07) is -1.50. The van der Waals surface area contributed by atoms with E-state index < -0.39 is 6.04 Å². The summed E-state index contributed by atoms with van der Waals surface area (Å²) in [5.41, 5.74) is 0.602. The van der Waals surface area contributed by atoms with Gasteiger partial charge in [0, 0.05) is 5.57 Å². The molecule has 0 radical (unpaired) electrons. The van der Waals surface area contributed by atoms with E-state index in [2.05, 4.69) is 13.2 Å². The standard InChI is InChI=1S/C8H9FO/c1-6(2)4-5-7(3)8(9)10/h4-5H,1,3H2,2H3/b5-4-. The lowest BCUT2D eigenvalue weighted by atomic mass is 10.2. The van der Waals surface area contributed by atoms with E-state index in [1.165, 1.54) is 12.2 Å². The normalized spacial score (nSPS) is 9.80. The number of hydrogen-bond acceptors (Lipinski definition) is 1. The third-order valence-corrected chi connectivity index (χ3v) is 0.821. The average molecular weight is 140 g/mol. The molecule has 0 atom stereocenters. The molecule has 10 heavy (non-hydrogen) atoms. The van der Waals surface area contributed by atoms with Crippen LogP contribution in [0.4, 0.5) is 4.39 Å². The molecular weight excluding hydrogens is 131 g/mol. The number of hydrogen-bond donors (Lipinski definition) is 0. The van der Waals surface area contributed by atoms with Gasteiger partial charge in [-0.15, -0.1) is 0 Å². The van der Waals surface area contributed by atoms with Crippen LogP contribution in [0.1, 0.15) is 6.92 Å². The first-order chi connectivity index (χ1) is 4.54. The fraction of sp³-hybridized carbons (Fsp3) is 0.125. The summed E-state index contributed by atoms with van der Waals surface area (Å²) in [5, 5.41) is 0. The zero-order valence-corrected chi connectivity index (χ0v) is 5.86. The van der Waals surface area contributed by atoms with Crippen molar-refractivity contribution in [2.75, 3.05) is 0 Å². The van der Waals surface area contributed by atoms with Gasteiger partial charge in [-0.05, 0) is 13.0 Å². The van der Waals surface area contributed by atoms with E-state index in [0.717, 1.165) is 5.57 Å². The molecule has 0 saturated heterocycles. The molecule has 0 spiro atoms. The second-order valence-corrected chi connectivity index (χ2v) is 1.98. The van der Waals surface area contributed by atoms with Crippen LogP contribution in [-0.2, 0) is 4.79 Å². The maximum Gasteiger partial charge on any atom is 0.331 e. The van der Waals surface area contributed by atoms with Crippen LogP contribution in [0.15, 0.2) is 36.5 Å². The van der Waals surface area contributed by atoms with Gasteiger partial charge in [0.05, 0.1) is 0 Å². The Morgan fingerprint density at radius 2 is 1.90 bits per heavy atom. The maximum atomic E-state index is 11.7. The first kappa shape index (κ1) is 8.82. The van der Waals surface area contributed by atoms with E-state index >= 15 is 0 Å². The van der Waals surface area contributed by atoms with Crippen molar-refractivity contribution in [3.63, 3.8) is 0 Å². The molecule has 0 saturated carbocycles. The summed E-state index contributed by atoms with van der Waals surface area (Å²) >= 11 is 0. The predicted molar refractivity (Wildman–Crippen MR) is 39.2 cm³/mol. The minimum absolute atomic E-state index is 0.150. The van der Waals surface area contributed by atoms with Crippen LogP contribution < -0.4 is 0 Å². The van der Waals surface area contributed by atoms with Crippen molar-refractivity contribution in [1.29, 1.82) is 0 Å². The first-order valence-electron chi connectivity index (χ1n) is 2.76. The van der Waals surface area contributed by atoms with Gasteiger partial charge in [0.1, 0.15) is 0 Å². The minimum Gasteiger partial charge on any atom is -0.255 e. The largest absolute Gasteiger partial charge is 0.331 e.